The number of fused-ring (bicyclic) bond motifs is 1. The number of benzene rings is 2. The fourth-order valence-electron chi connectivity index (χ4n) is 2.97. The van der Waals surface area contributed by atoms with Crippen LogP contribution in [0.25, 0.3) is 10.9 Å². The SMILES string of the molecule is Cc1ccc(S(=O)(=O)n2c(C3CC3)c(I)c3ccccc32)cc1. The molecule has 1 aliphatic rings. The lowest BCUT2D eigenvalue weighted by atomic mass is 10.2. The topological polar surface area (TPSA) is 39.1 Å². The molecule has 0 atom stereocenters. The van der Waals surface area contributed by atoms with Crippen LogP contribution < -0.4 is 0 Å². The third-order valence-electron chi connectivity index (χ3n) is 4.33. The van der Waals surface area contributed by atoms with Gasteiger partial charge in [0, 0.05) is 14.9 Å². The molecule has 1 saturated carbocycles. The van der Waals surface area contributed by atoms with Crippen LogP contribution in [-0.2, 0) is 10.0 Å². The van der Waals surface area contributed by atoms with Crippen LogP contribution in [0.3, 0.4) is 0 Å². The van der Waals surface area contributed by atoms with E-state index >= 15 is 0 Å². The highest BCUT2D eigenvalue weighted by Gasteiger charge is 2.35. The minimum absolute atomic E-state index is 0.349. The van der Waals surface area contributed by atoms with Crippen molar-refractivity contribution in [3.63, 3.8) is 0 Å². The number of hydrogen-bond acceptors (Lipinski definition) is 2. The first-order valence-electron chi connectivity index (χ1n) is 7.61. The van der Waals surface area contributed by atoms with E-state index in [0.29, 0.717) is 10.8 Å². The van der Waals surface area contributed by atoms with Crippen molar-refractivity contribution in [3.8, 4) is 0 Å². The average molecular weight is 437 g/mol. The normalized spacial score (nSPS) is 15.2. The fraction of sp³-hybridized carbons (Fsp3) is 0.222. The van der Waals surface area contributed by atoms with Crippen molar-refractivity contribution in [1.29, 1.82) is 0 Å². The number of halogens is 1. The van der Waals surface area contributed by atoms with Gasteiger partial charge in [0.25, 0.3) is 10.0 Å². The van der Waals surface area contributed by atoms with Crippen molar-refractivity contribution in [2.24, 2.45) is 0 Å². The Labute approximate surface area is 149 Å². The van der Waals surface area contributed by atoms with Gasteiger partial charge in [0.2, 0.25) is 0 Å². The lowest BCUT2D eigenvalue weighted by molar-refractivity contribution is 0.587. The molecule has 5 heteroatoms. The van der Waals surface area contributed by atoms with Crippen LogP contribution in [0, 0.1) is 10.5 Å². The number of hydrogen-bond donors (Lipinski definition) is 0. The lowest BCUT2D eigenvalue weighted by Crippen LogP contribution is -2.15. The van der Waals surface area contributed by atoms with E-state index in [2.05, 4.69) is 22.6 Å². The molecule has 0 unspecified atom stereocenters. The lowest BCUT2D eigenvalue weighted by Gasteiger charge is -2.12. The van der Waals surface area contributed by atoms with Gasteiger partial charge in [0.15, 0.2) is 0 Å². The average Bonchev–Trinajstić information content (AvgIpc) is 3.32. The molecule has 1 fully saturated rings. The smallest absolute Gasteiger partial charge is 0.237 e. The van der Waals surface area contributed by atoms with Crippen molar-refractivity contribution in [3.05, 3.63) is 63.4 Å². The quantitative estimate of drug-likeness (QED) is 0.559. The fourth-order valence-corrected chi connectivity index (χ4v) is 5.88. The molecule has 0 N–H and O–H groups in total. The van der Waals surface area contributed by atoms with Gasteiger partial charge in [0.1, 0.15) is 0 Å². The van der Waals surface area contributed by atoms with Gasteiger partial charge in [-0.25, -0.2) is 12.4 Å². The van der Waals surface area contributed by atoms with Crippen LogP contribution in [0.15, 0.2) is 53.4 Å². The van der Waals surface area contributed by atoms with Crippen LogP contribution >= 0.6 is 22.6 Å². The van der Waals surface area contributed by atoms with Crippen LogP contribution in [0.1, 0.15) is 30.0 Å². The van der Waals surface area contributed by atoms with Gasteiger partial charge in [-0.1, -0.05) is 35.9 Å². The highest BCUT2D eigenvalue weighted by molar-refractivity contribution is 14.1. The van der Waals surface area contributed by atoms with E-state index in [1.807, 2.05) is 43.3 Å². The van der Waals surface area contributed by atoms with Crippen LogP contribution in [0.4, 0.5) is 0 Å². The molecule has 0 amide bonds. The molecule has 23 heavy (non-hydrogen) atoms. The zero-order valence-corrected chi connectivity index (χ0v) is 15.6. The van der Waals surface area contributed by atoms with E-state index in [1.54, 1.807) is 16.1 Å². The highest BCUT2D eigenvalue weighted by atomic mass is 127. The Morgan fingerprint density at radius 1 is 1.04 bits per heavy atom. The van der Waals surface area contributed by atoms with Gasteiger partial charge in [0.05, 0.1) is 16.1 Å². The first-order chi connectivity index (χ1) is 11.0. The first kappa shape index (κ1) is 15.2. The largest absolute Gasteiger partial charge is 0.268 e. The number of rotatable bonds is 3. The van der Waals surface area contributed by atoms with Gasteiger partial charge in [-0.05, 0) is 60.6 Å². The van der Waals surface area contributed by atoms with Gasteiger partial charge < -0.3 is 0 Å². The van der Waals surface area contributed by atoms with E-state index < -0.39 is 10.0 Å². The summed E-state index contributed by atoms with van der Waals surface area (Å²) in [7, 11) is -3.59. The minimum atomic E-state index is -3.59. The van der Waals surface area contributed by atoms with Crippen LogP contribution in [0.5, 0.6) is 0 Å². The Kier molecular flexibility index (Phi) is 3.53. The third kappa shape index (κ3) is 2.41. The van der Waals surface area contributed by atoms with Crippen molar-refractivity contribution in [2.75, 3.05) is 0 Å². The molecule has 3 aromatic rings. The minimum Gasteiger partial charge on any atom is -0.237 e. The van der Waals surface area contributed by atoms with E-state index in [9.17, 15) is 8.42 Å². The number of para-hydroxylation sites is 1. The van der Waals surface area contributed by atoms with Crippen LogP contribution in [-0.4, -0.2) is 12.4 Å². The molecule has 3 nitrogen and oxygen atoms in total. The van der Waals surface area contributed by atoms with E-state index in [-0.39, 0.29) is 0 Å². The second kappa shape index (κ2) is 5.34. The molecule has 4 rings (SSSR count). The van der Waals surface area contributed by atoms with Crippen molar-refractivity contribution < 1.29 is 8.42 Å². The second-order valence-electron chi connectivity index (χ2n) is 6.07. The summed E-state index contributed by atoms with van der Waals surface area (Å²) in [6.07, 6.45) is 2.13. The van der Waals surface area contributed by atoms with Crippen molar-refractivity contribution >= 4 is 43.5 Å². The molecule has 0 bridgehead atoms. The Morgan fingerprint density at radius 3 is 2.35 bits per heavy atom. The van der Waals surface area contributed by atoms with Crippen molar-refractivity contribution in [1.82, 2.24) is 3.97 Å². The molecule has 1 heterocycles. The molecule has 0 saturated heterocycles. The predicted octanol–water partition coefficient (Wildman–Crippen LogP) is 4.67. The second-order valence-corrected chi connectivity index (χ2v) is 8.94. The summed E-state index contributed by atoms with van der Waals surface area (Å²) < 4.78 is 29.2. The molecule has 0 aliphatic heterocycles. The Hall–Kier alpha value is -1.34. The Morgan fingerprint density at radius 2 is 1.70 bits per heavy atom. The number of aromatic nitrogens is 1. The number of nitrogens with zero attached hydrogens (tertiary/aromatic N) is 1. The molecule has 0 radical (unpaired) electrons. The maximum atomic E-state index is 13.3. The van der Waals surface area contributed by atoms with Gasteiger partial charge in [-0.15, -0.1) is 0 Å². The molecule has 118 valence electrons. The Balaban J connectivity index is 2.04. The summed E-state index contributed by atoms with van der Waals surface area (Å²) in [5.74, 6) is 0.356. The summed E-state index contributed by atoms with van der Waals surface area (Å²) in [5.41, 5.74) is 2.78. The molecule has 2 aromatic carbocycles. The van der Waals surface area contributed by atoms with Crippen molar-refractivity contribution in [2.45, 2.75) is 30.6 Å². The standard InChI is InChI=1S/C18H16INO2S/c1-12-6-10-14(11-7-12)23(21,22)20-16-5-3-2-4-15(16)17(19)18(20)13-8-9-13/h2-7,10-11,13H,8-9H2,1H3. The highest BCUT2D eigenvalue weighted by Crippen LogP contribution is 2.46. The molecular weight excluding hydrogens is 421 g/mol. The van der Waals surface area contributed by atoms with Gasteiger partial charge in [-0.3, -0.25) is 0 Å². The van der Waals surface area contributed by atoms with Crippen LogP contribution in [0.2, 0.25) is 0 Å². The zero-order valence-electron chi connectivity index (χ0n) is 12.7. The van der Waals surface area contributed by atoms with E-state index in [0.717, 1.165) is 38.6 Å². The number of aryl methyl sites for hydroxylation is 1. The summed E-state index contributed by atoms with van der Waals surface area (Å²) in [6.45, 7) is 1.96. The summed E-state index contributed by atoms with van der Waals surface area (Å²) in [4.78, 5) is 0.349. The summed E-state index contributed by atoms with van der Waals surface area (Å²) >= 11 is 2.29. The summed E-state index contributed by atoms with van der Waals surface area (Å²) in [5, 5.41) is 1.02. The maximum absolute atomic E-state index is 13.3. The monoisotopic (exact) mass is 437 g/mol. The zero-order chi connectivity index (χ0) is 16.2. The molecule has 1 aliphatic carbocycles. The molecule has 0 spiro atoms. The van der Waals surface area contributed by atoms with Gasteiger partial charge >= 0.3 is 0 Å². The third-order valence-corrected chi connectivity index (χ3v) is 7.20. The summed E-state index contributed by atoms with van der Waals surface area (Å²) in [6, 6.07) is 14.9. The first-order valence-corrected chi connectivity index (χ1v) is 10.1. The molecule has 1 aromatic heterocycles. The maximum Gasteiger partial charge on any atom is 0.268 e. The van der Waals surface area contributed by atoms with E-state index in [1.165, 1.54) is 0 Å². The van der Waals surface area contributed by atoms with E-state index in [4.69, 9.17) is 0 Å². The predicted molar refractivity (Wildman–Crippen MR) is 100 cm³/mol. The van der Waals surface area contributed by atoms with Gasteiger partial charge in [-0.2, -0.15) is 0 Å². The molecular formula is C18H16INO2S. The Bertz CT molecular complexity index is 999.